The lowest BCUT2D eigenvalue weighted by atomic mass is 9.89. The fourth-order valence-electron chi connectivity index (χ4n) is 6.99. The summed E-state index contributed by atoms with van der Waals surface area (Å²) < 4.78 is 13.6. The number of carbonyl (C=O) groups is 1. The lowest BCUT2D eigenvalue weighted by Crippen LogP contribution is -2.66. The molecular formula is C40H48O5SSi. The SMILES string of the molecule is COC(=O)CCC/C=C\C[C@@H]1[C@@H](/C=C/[C@@H](O[Si](c2ccccc2)(c2ccccc2)C(C)(C)C)c2cc3ccccc3s2)[C@H](O)C[C@@H]1O. The fourth-order valence-corrected chi connectivity index (χ4v) is 12.8. The third kappa shape index (κ3) is 8.04. The number of allylic oxidation sites excluding steroid dienone is 2. The highest BCUT2D eigenvalue weighted by Gasteiger charge is 2.51. The van der Waals surface area contributed by atoms with Crippen molar-refractivity contribution in [3.8, 4) is 0 Å². The van der Waals surface area contributed by atoms with Crippen molar-refractivity contribution in [2.24, 2.45) is 11.8 Å². The van der Waals surface area contributed by atoms with Crippen LogP contribution in [0.15, 0.2) is 115 Å². The van der Waals surface area contributed by atoms with Gasteiger partial charge < -0.3 is 19.4 Å². The summed E-state index contributed by atoms with van der Waals surface area (Å²) in [4.78, 5) is 12.6. The topological polar surface area (TPSA) is 76.0 Å². The number of hydrogen-bond donors (Lipinski definition) is 2. The molecule has 7 heteroatoms. The number of fused-ring (bicyclic) bond motifs is 1. The van der Waals surface area contributed by atoms with Crippen LogP contribution in [0.3, 0.4) is 0 Å². The molecule has 0 amide bonds. The van der Waals surface area contributed by atoms with Gasteiger partial charge in [0.1, 0.15) is 0 Å². The van der Waals surface area contributed by atoms with E-state index in [4.69, 9.17) is 9.16 Å². The number of esters is 1. The number of unbranched alkanes of at least 4 members (excludes halogenated alkanes) is 1. The molecule has 5 nitrogen and oxygen atoms in total. The van der Waals surface area contributed by atoms with Gasteiger partial charge in [-0.2, -0.15) is 0 Å². The van der Waals surface area contributed by atoms with Gasteiger partial charge in [-0.3, -0.25) is 4.79 Å². The first-order valence-corrected chi connectivity index (χ1v) is 19.4. The third-order valence-corrected chi connectivity index (χ3v) is 15.6. The number of hydrogen-bond acceptors (Lipinski definition) is 6. The van der Waals surface area contributed by atoms with Crippen LogP contribution in [0.4, 0.5) is 0 Å². The van der Waals surface area contributed by atoms with Gasteiger partial charge >= 0.3 is 5.97 Å². The second kappa shape index (κ2) is 15.7. The molecular weight excluding hydrogens is 621 g/mol. The molecule has 5 atom stereocenters. The molecule has 248 valence electrons. The second-order valence-electron chi connectivity index (χ2n) is 13.6. The first kappa shape index (κ1) is 35.0. The number of benzene rings is 3. The lowest BCUT2D eigenvalue weighted by Gasteiger charge is -2.44. The molecule has 0 radical (unpaired) electrons. The summed E-state index contributed by atoms with van der Waals surface area (Å²) >= 11 is 1.75. The van der Waals surface area contributed by atoms with E-state index in [0.717, 1.165) is 17.7 Å². The van der Waals surface area contributed by atoms with Crippen molar-refractivity contribution in [2.75, 3.05) is 7.11 Å². The molecule has 4 aromatic rings. The summed E-state index contributed by atoms with van der Waals surface area (Å²) in [7, 11) is -1.51. The number of ether oxygens (including phenoxy) is 1. The van der Waals surface area contributed by atoms with Gasteiger partial charge in [-0.05, 0) is 58.1 Å². The summed E-state index contributed by atoms with van der Waals surface area (Å²) in [6.45, 7) is 6.86. The number of aliphatic hydroxyl groups excluding tert-OH is 2. The molecule has 1 fully saturated rings. The van der Waals surface area contributed by atoms with Crippen LogP contribution in [0, 0.1) is 11.8 Å². The fraction of sp³-hybridized carbons (Fsp3) is 0.375. The first-order chi connectivity index (χ1) is 22.6. The predicted octanol–water partition coefficient (Wildman–Crippen LogP) is 7.72. The van der Waals surface area contributed by atoms with Gasteiger partial charge in [-0.25, -0.2) is 0 Å². The van der Waals surface area contributed by atoms with Crippen LogP contribution in [-0.4, -0.2) is 43.8 Å². The quantitative estimate of drug-likeness (QED) is 0.0661. The van der Waals surface area contributed by atoms with Crippen molar-refractivity contribution in [3.05, 3.63) is 120 Å². The summed E-state index contributed by atoms with van der Waals surface area (Å²) in [5.41, 5.74) is 0. The van der Waals surface area contributed by atoms with E-state index in [1.54, 1.807) is 11.3 Å². The monoisotopic (exact) mass is 668 g/mol. The average molecular weight is 669 g/mol. The third-order valence-electron chi connectivity index (χ3n) is 9.42. The Morgan fingerprint density at radius 3 is 2.19 bits per heavy atom. The summed E-state index contributed by atoms with van der Waals surface area (Å²) in [6, 6.07) is 32.0. The molecule has 1 aliphatic rings. The van der Waals surface area contributed by atoms with Crippen molar-refractivity contribution >= 4 is 46.1 Å². The van der Waals surface area contributed by atoms with Gasteiger partial charge in [-0.1, -0.05) is 124 Å². The average Bonchev–Trinajstić information content (AvgIpc) is 3.62. The van der Waals surface area contributed by atoms with E-state index in [1.807, 2.05) is 0 Å². The highest BCUT2D eigenvalue weighted by molar-refractivity contribution is 7.19. The van der Waals surface area contributed by atoms with E-state index >= 15 is 0 Å². The molecule has 0 saturated heterocycles. The van der Waals surface area contributed by atoms with E-state index in [9.17, 15) is 15.0 Å². The maximum absolute atomic E-state index is 11.4. The van der Waals surface area contributed by atoms with Crippen LogP contribution in [0.1, 0.15) is 63.9 Å². The maximum Gasteiger partial charge on any atom is 0.305 e. The molecule has 1 saturated carbocycles. The molecule has 1 heterocycles. The van der Waals surface area contributed by atoms with Crippen molar-refractivity contribution in [2.45, 2.75) is 76.2 Å². The molecule has 0 unspecified atom stereocenters. The zero-order chi connectivity index (χ0) is 33.4. The molecule has 1 aliphatic carbocycles. The van der Waals surface area contributed by atoms with Crippen LogP contribution < -0.4 is 10.4 Å². The molecule has 0 spiro atoms. The van der Waals surface area contributed by atoms with Gasteiger partial charge in [0, 0.05) is 28.3 Å². The van der Waals surface area contributed by atoms with Gasteiger partial charge in [0.15, 0.2) is 0 Å². The van der Waals surface area contributed by atoms with E-state index in [-0.39, 0.29) is 28.9 Å². The molecule has 3 aromatic carbocycles. The number of rotatable bonds is 13. The number of methoxy groups -OCH3 is 1. The largest absolute Gasteiger partial charge is 0.469 e. The smallest absolute Gasteiger partial charge is 0.305 e. The van der Waals surface area contributed by atoms with Crippen LogP contribution in [0.5, 0.6) is 0 Å². The predicted molar refractivity (Wildman–Crippen MR) is 196 cm³/mol. The highest BCUT2D eigenvalue weighted by atomic mass is 32.1. The zero-order valence-corrected chi connectivity index (χ0v) is 29.7. The summed E-state index contributed by atoms with van der Waals surface area (Å²) in [5, 5.41) is 25.6. The minimum atomic E-state index is -2.91. The zero-order valence-electron chi connectivity index (χ0n) is 27.9. The van der Waals surface area contributed by atoms with Crippen LogP contribution in [-0.2, 0) is 14.0 Å². The minimum absolute atomic E-state index is 0.117. The van der Waals surface area contributed by atoms with E-state index in [0.29, 0.717) is 19.3 Å². The maximum atomic E-state index is 11.4. The Morgan fingerprint density at radius 2 is 1.57 bits per heavy atom. The van der Waals surface area contributed by atoms with Crippen molar-refractivity contribution < 1.29 is 24.2 Å². The Balaban J connectivity index is 1.51. The Bertz CT molecular complexity index is 1570. The minimum Gasteiger partial charge on any atom is -0.469 e. The van der Waals surface area contributed by atoms with Crippen molar-refractivity contribution in [1.82, 2.24) is 0 Å². The molecule has 0 aliphatic heterocycles. The van der Waals surface area contributed by atoms with E-state index < -0.39 is 20.5 Å². The number of thiophene rings is 1. The number of aliphatic hydroxyl groups is 2. The van der Waals surface area contributed by atoms with Crippen molar-refractivity contribution in [3.63, 3.8) is 0 Å². The van der Waals surface area contributed by atoms with E-state index in [2.05, 4.69) is 136 Å². The molecule has 2 N–H and O–H groups in total. The molecule has 47 heavy (non-hydrogen) atoms. The standard InChI is InChI=1S/C40H48O5SSi/c1-40(2,3)47(30-18-9-7-10-19-30,31-20-11-8-12-21-31)45-36(38-27-29-17-15-16-23-37(29)46-38)26-25-33-32(34(41)28-35(33)42)22-13-5-6-14-24-39(43)44-4/h5,7-13,15-21,23,25-27,32-36,41-42H,6,14,22,24,28H2,1-4H3/b13-5-,26-25+/t32-,33-,34+,35-,36-/m1/s1. The Labute approximate surface area is 284 Å². The lowest BCUT2D eigenvalue weighted by molar-refractivity contribution is -0.140. The second-order valence-corrected chi connectivity index (χ2v) is 18.9. The van der Waals surface area contributed by atoms with Gasteiger partial charge in [-0.15, -0.1) is 11.3 Å². The highest BCUT2D eigenvalue weighted by Crippen LogP contribution is 2.43. The Hall–Kier alpha value is -3.33. The normalized spacial score (nSPS) is 21.1. The van der Waals surface area contributed by atoms with Crippen LogP contribution in [0.2, 0.25) is 5.04 Å². The summed E-state index contributed by atoms with van der Waals surface area (Å²) in [6.07, 6.45) is 9.65. The summed E-state index contributed by atoms with van der Waals surface area (Å²) in [5.74, 6) is -0.537. The molecule has 1 aromatic heterocycles. The molecule has 0 bridgehead atoms. The first-order valence-electron chi connectivity index (χ1n) is 16.7. The van der Waals surface area contributed by atoms with Gasteiger partial charge in [0.2, 0.25) is 0 Å². The van der Waals surface area contributed by atoms with Gasteiger partial charge in [0.05, 0.1) is 25.4 Å². The van der Waals surface area contributed by atoms with E-state index in [1.165, 1.54) is 27.6 Å². The Morgan fingerprint density at radius 1 is 0.936 bits per heavy atom. The van der Waals surface area contributed by atoms with Crippen LogP contribution in [0.25, 0.3) is 10.1 Å². The van der Waals surface area contributed by atoms with Crippen molar-refractivity contribution in [1.29, 1.82) is 0 Å². The molecule has 5 rings (SSSR count). The Kier molecular flexibility index (Phi) is 11.7. The number of carbonyl (C=O) groups excluding carboxylic acids is 1. The van der Waals surface area contributed by atoms with Gasteiger partial charge in [0.25, 0.3) is 8.32 Å². The van der Waals surface area contributed by atoms with Crippen LogP contribution >= 0.6 is 11.3 Å².